The number of nitrogens with two attached hydrogens (primary N) is 1. The van der Waals surface area contributed by atoms with Crippen molar-refractivity contribution in [2.75, 3.05) is 84.9 Å². The molecule has 69 heavy (non-hydrogen) atoms. The van der Waals surface area contributed by atoms with Crippen LogP contribution in [0, 0.1) is 0 Å². The minimum absolute atomic E-state index is 0.0328. The Labute approximate surface area is 404 Å². The second-order valence-electron chi connectivity index (χ2n) is 15.4. The zero-order valence-corrected chi connectivity index (χ0v) is 39.7. The fourth-order valence-electron chi connectivity index (χ4n) is 6.77. The summed E-state index contributed by atoms with van der Waals surface area (Å²) in [6.45, 7) is 2.06. The second kappa shape index (κ2) is 27.6. The number of anilines is 1. The minimum Gasteiger partial charge on any atom is -0.468 e. The molecule has 4 aromatic rings. The van der Waals surface area contributed by atoms with Crippen LogP contribution in [-0.2, 0) is 65.5 Å². The summed E-state index contributed by atoms with van der Waals surface area (Å²) in [6, 6.07) is 8.21. The minimum atomic E-state index is -1.40. The number of Topliss-reactive ketones (excluding diaryl/α,β-unsaturated/α-hetero) is 1. The molecule has 0 radical (unpaired) electrons. The van der Waals surface area contributed by atoms with Crippen LogP contribution in [0.3, 0.4) is 0 Å². The first-order valence-electron chi connectivity index (χ1n) is 21.9. The van der Waals surface area contributed by atoms with Crippen LogP contribution in [0.4, 0.5) is 10.2 Å². The predicted octanol–water partition coefficient (Wildman–Crippen LogP) is 0.627. The summed E-state index contributed by atoms with van der Waals surface area (Å²) in [4.78, 5) is 101. The quantitative estimate of drug-likeness (QED) is 0.0226. The molecule has 1 saturated heterocycles. The topological polar surface area (TPSA) is 300 Å². The molecule has 0 saturated carbocycles. The standard InChI is InChI=1S/C44H55BrFN11O12/c1-27(58)42-31-18-28(6-8-33(31)57(55-42)24-41(62)56-23-30(46)19-34(56)43(63)54-36-5-3-4-35(45)53-36)29-20-50-37(51-21-29)22-52-40(61)26-69-17-15-67-13-11-49-39(60)25-68-16-14-66-12-10-48-38(59)9-7-32(47)44(64)65-2/h3-6,8,18,20-21,30,32,34H,7,9-17,19,22-26,47H2,1-2H3,(H,48,59)(H,49,60)(H,52,61)(H,53,54,63)/t30-,32+,34+/m1/s1. The van der Waals surface area contributed by atoms with Gasteiger partial charge in [0.05, 0.1) is 65.4 Å². The number of alkyl halides is 1. The number of esters is 1. The number of nitrogens with zero attached hydrogens (tertiary/aromatic N) is 6. The molecule has 1 aromatic carbocycles. The van der Waals surface area contributed by atoms with E-state index in [-0.39, 0.29) is 134 Å². The van der Waals surface area contributed by atoms with E-state index in [1.54, 1.807) is 48.8 Å². The van der Waals surface area contributed by atoms with E-state index >= 15 is 0 Å². The smallest absolute Gasteiger partial charge is 0.322 e. The Balaban J connectivity index is 0.942. The van der Waals surface area contributed by atoms with Crippen LogP contribution < -0.4 is 27.0 Å². The number of rotatable bonds is 28. The Morgan fingerprint density at radius 2 is 1.51 bits per heavy atom. The lowest BCUT2D eigenvalue weighted by molar-refractivity contribution is -0.142. The average molecular weight is 1030 g/mol. The van der Waals surface area contributed by atoms with E-state index in [4.69, 9.17) is 24.7 Å². The molecular weight excluding hydrogens is 973 g/mol. The second-order valence-corrected chi connectivity index (χ2v) is 16.2. The zero-order valence-electron chi connectivity index (χ0n) is 38.1. The number of aromatic nitrogens is 5. The number of methoxy groups -OCH3 is 1. The number of ketones is 1. The van der Waals surface area contributed by atoms with Crippen molar-refractivity contribution in [1.82, 2.24) is 45.6 Å². The lowest BCUT2D eigenvalue weighted by Crippen LogP contribution is -2.44. The molecule has 6 N–H and O–H groups in total. The average Bonchev–Trinajstić information content (AvgIpc) is 3.91. The molecule has 5 amide bonds. The highest BCUT2D eigenvalue weighted by Gasteiger charge is 2.40. The monoisotopic (exact) mass is 1030 g/mol. The Morgan fingerprint density at radius 1 is 0.855 bits per heavy atom. The van der Waals surface area contributed by atoms with E-state index in [2.05, 4.69) is 62.0 Å². The van der Waals surface area contributed by atoms with Gasteiger partial charge in [-0.2, -0.15) is 5.10 Å². The number of ether oxygens (including phenoxy) is 5. The Hall–Kier alpha value is -6.38. The number of halogens is 2. The molecule has 372 valence electrons. The molecule has 3 atom stereocenters. The molecule has 1 aliphatic heterocycles. The van der Waals surface area contributed by atoms with Crippen molar-refractivity contribution in [2.24, 2.45) is 5.73 Å². The molecule has 0 spiro atoms. The van der Waals surface area contributed by atoms with Crippen LogP contribution >= 0.6 is 15.9 Å². The number of hydrogen-bond donors (Lipinski definition) is 5. The van der Waals surface area contributed by atoms with Gasteiger partial charge in [-0.3, -0.25) is 38.2 Å². The third-order valence-electron chi connectivity index (χ3n) is 10.2. The highest BCUT2D eigenvalue weighted by atomic mass is 79.9. The SMILES string of the molecule is COC(=O)[C@@H](N)CCC(=O)NCCOCCOCC(=O)NCCOCCOCC(=O)NCc1ncc(-c2ccc3c(c2)c(C(C)=O)nn3CC(=O)N2C[C@H](F)C[C@H]2C(=O)Nc2cccc(Br)n2)cn1. The van der Waals surface area contributed by atoms with Gasteiger partial charge in [0.2, 0.25) is 29.5 Å². The van der Waals surface area contributed by atoms with Gasteiger partial charge in [0.1, 0.15) is 60.0 Å². The summed E-state index contributed by atoms with van der Waals surface area (Å²) in [6.07, 6.45) is 1.81. The number of likely N-dealkylation sites (tertiary alicyclic amines) is 1. The molecule has 1 aliphatic rings. The van der Waals surface area contributed by atoms with Crippen LogP contribution in [-0.4, -0.2) is 169 Å². The molecule has 0 bridgehead atoms. The normalized spacial score (nSPS) is 14.8. The summed E-state index contributed by atoms with van der Waals surface area (Å²) in [5.74, 6) is -2.45. The maximum Gasteiger partial charge on any atom is 0.322 e. The first-order chi connectivity index (χ1) is 33.2. The first-order valence-corrected chi connectivity index (χ1v) is 22.7. The molecular formula is C44H55BrFN11O12. The molecule has 25 heteroatoms. The Bertz CT molecular complexity index is 2410. The summed E-state index contributed by atoms with van der Waals surface area (Å²) < 4.78 is 42.4. The van der Waals surface area contributed by atoms with Crippen molar-refractivity contribution in [3.05, 3.63) is 64.9 Å². The van der Waals surface area contributed by atoms with Gasteiger partial charge >= 0.3 is 5.97 Å². The zero-order chi connectivity index (χ0) is 49.7. The Morgan fingerprint density at radius 3 is 2.16 bits per heavy atom. The highest BCUT2D eigenvalue weighted by Crippen LogP contribution is 2.28. The lowest BCUT2D eigenvalue weighted by Gasteiger charge is -2.23. The van der Waals surface area contributed by atoms with E-state index < -0.39 is 41.9 Å². The van der Waals surface area contributed by atoms with Gasteiger partial charge in [-0.15, -0.1) is 0 Å². The van der Waals surface area contributed by atoms with Gasteiger partial charge in [-0.25, -0.2) is 19.3 Å². The van der Waals surface area contributed by atoms with E-state index in [0.717, 1.165) is 0 Å². The molecule has 0 aliphatic carbocycles. The van der Waals surface area contributed by atoms with Crippen molar-refractivity contribution in [1.29, 1.82) is 0 Å². The summed E-state index contributed by atoms with van der Waals surface area (Å²) in [5, 5.41) is 15.5. The Kier molecular flexibility index (Phi) is 21.4. The van der Waals surface area contributed by atoms with Gasteiger partial charge in [0.15, 0.2) is 5.78 Å². The number of nitrogens with one attached hydrogen (secondary N) is 4. The van der Waals surface area contributed by atoms with Crippen molar-refractivity contribution in [3.8, 4) is 11.1 Å². The van der Waals surface area contributed by atoms with Gasteiger partial charge in [-0.1, -0.05) is 12.1 Å². The van der Waals surface area contributed by atoms with E-state index in [0.29, 0.717) is 32.5 Å². The van der Waals surface area contributed by atoms with Crippen LogP contribution in [0.5, 0.6) is 0 Å². The van der Waals surface area contributed by atoms with Gasteiger partial charge < -0.3 is 55.6 Å². The number of fused-ring (bicyclic) bond motifs is 1. The number of carbonyl (C=O) groups is 7. The summed E-state index contributed by atoms with van der Waals surface area (Å²) in [5.41, 5.74) is 7.46. The van der Waals surface area contributed by atoms with E-state index in [1.165, 1.54) is 23.6 Å². The van der Waals surface area contributed by atoms with Gasteiger partial charge in [0.25, 0.3) is 0 Å². The number of benzene rings is 1. The van der Waals surface area contributed by atoms with E-state index in [1.807, 2.05) is 0 Å². The predicted molar refractivity (Wildman–Crippen MR) is 247 cm³/mol. The molecule has 3 aromatic heterocycles. The lowest BCUT2D eigenvalue weighted by atomic mass is 10.0. The fourth-order valence-corrected chi connectivity index (χ4v) is 7.11. The van der Waals surface area contributed by atoms with Crippen molar-refractivity contribution in [3.63, 3.8) is 0 Å². The maximum atomic E-state index is 14.6. The van der Waals surface area contributed by atoms with Gasteiger partial charge in [0, 0.05) is 56.2 Å². The van der Waals surface area contributed by atoms with Crippen molar-refractivity contribution in [2.45, 2.75) is 57.5 Å². The highest BCUT2D eigenvalue weighted by molar-refractivity contribution is 9.10. The van der Waals surface area contributed by atoms with Crippen LogP contribution in [0.15, 0.2) is 53.4 Å². The largest absolute Gasteiger partial charge is 0.468 e. The fraction of sp³-hybridized carbons (Fsp3) is 0.477. The van der Waals surface area contributed by atoms with Gasteiger partial charge in [-0.05, 0) is 52.2 Å². The third-order valence-corrected chi connectivity index (χ3v) is 10.7. The first kappa shape index (κ1) is 53.6. The summed E-state index contributed by atoms with van der Waals surface area (Å²) in [7, 11) is 1.23. The molecule has 0 unspecified atom stereocenters. The number of pyridine rings is 1. The number of hydrogen-bond acceptors (Lipinski definition) is 17. The van der Waals surface area contributed by atoms with Crippen LogP contribution in [0.1, 0.15) is 42.5 Å². The summed E-state index contributed by atoms with van der Waals surface area (Å²) >= 11 is 3.25. The van der Waals surface area contributed by atoms with E-state index in [9.17, 15) is 38.0 Å². The van der Waals surface area contributed by atoms with Crippen LogP contribution in [0.2, 0.25) is 0 Å². The molecule has 5 rings (SSSR count). The third kappa shape index (κ3) is 17.3. The molecule has 23 nitrogen and oxygen atoms in total. The molecule has 1 fully saturated rings. The van der Waals surface area contributed by atoms with Crippen LogP contribution in [0.25, 0.3) is 22.0 Å². The number of carbonyl (C=O) groups excluding carboxylic acids is 7. The maximum absolute atomic E-state index is 14.6. The molecule has 4 heterocycles. The van der Waals surface area contributed by atoms with Crippen molar-refractivity contribution >= 4 is 73.9 Å². The number of amides is 5. The van der Waals surface area contributed by atoms with Crippen molar-refractivity contribution < 1.29 is 61.6 Å².